The highest BCUT2D eigenvalue weighted by Gasteiger charge is 2.59. The first-order valence-electron chi connectivity index (χ1n) is 11.5. The Balaban J connectivity index is 1.63. The van der Waals surface area contributed by atoms with Gasteiger partial charge in [0.1, 0.15) is 11.2 Å². The van der Waals surface area contributed by atoms with Gasteiger partial charge < -0.3 is 9.66 Å². The molecule has 36 heavy (non-hydrogen) atoms. The number of nitrogens with zero attached hydrogens (tertiary/aromatic N) is 2. The van der Waals surface area contributed by atoms with Gasteiger partial charge >= 0.3 is 5.97 Å². The zero-order valence-electron chi connectivity index (χ0n) is 19.6. The number of carboxylic acids is 1. The van der Waals surface area contributed by atoms with Crippen LogP contribution in [0.3, 0.4) is 0 Å². The van der Waals surface area contributed by atoms with Crippen LogP contribution in [-0.2, 0) is 16.7 Å². The summed E-state index contributed by atoms with van der Waals surface area (Å²) in [7, 11) is -4.53. The van der Waals surface area contributed by atoms with Crippen molar-refractivity contribution in [3.8, 4) is 0 Å². The number of hydrogen-bond acceptors (Lipinski definition) is 6. The standard InChI is InChI=1S/C25H23ClN2O5S3/c1-3-15(11-22-27(4-2)18-13-16(25(29)30)5-7-20(18)34-22)12-23-28(10-9-24(28)36(31,32)33)19-14-17(26)6-8-21(19)35-23/h5-8,11-14,24H,3-4,9-10H2,1-2H3/p+1. The van der Waals surface area contributed by atoms with Gasteiger partial charge in [0.25, 0.3) is 5.01 Å². The number of hydrogen-bond donors (Lipinski definition) is 1. The molecule has 0 radical (unpaired) electrons. The molecule has 7 nitrogen and oxygen atoms in total. The van der Waals surface area contributed by atoms with Crippen LogP contribution < -0.4 is 9.05 Å². The van der Waals surface area contributed by atoms with Crippen molar-refractivity contribution in [1.82, 2.24) is 4.48 Å². The van der Waals surface area contributed by atoms with E-state index >= 15 is 0 Å². The van der Waals surface area contributed by atoms with Crippen molar-refractivity contribution >= 4 is 72.8 Å². The third kappa shape index (κ3) is 4.09. The molecule has 2 aliphatic rings. The molecule has 2 unspecified atom stereocenters. The van der Waals surface area contributed by atoms with Gasteiger partial charge in [0.2, 0.25) is 5.52 Å². The predicted molar refractivity (Wildman–Crippen MR) is 143 cm³/mol. The molecule has 0 saturated carbocycles. The minimum absolute atomic E-state index is 0.00804. The maximum Gasteiger partial charge on any atom is 0.335 e. The van der Waals surface area contributed by atoms with E-state index in [0.717, 1.165) is 36.4 Å². The number of benzene rings is 2. The molecule has 5 rings (SSSR count). The summed E-state index contributed by atoms with van der Waals surface area (Å²) >= 11 is 9.33. The van der Waals surface area contributed by atoms with Crippen LogP contribution in [0.4, 0.5) is 5.69 Å². The van der Waals surface area contributed by atoms with Crippen molar-refractivity contribution in [2.45, 2.75) is 43.5 Å². The first-order valence-corrected chi connectivity index (χ1v) is 15.0. The number of aromatic carboxylic acids is 1. The van der Waals surface area contributed by atoms with Gasteiger partial charge in [-0.05, 0) is 54.9 Å². The van der Waals surface area contributed by atoms with Crippen LogP contribution in [0.1, 0.15) is 42.1 Å². The van der Waals surface area contributed by atoms with Crippen molar-refractivity contribution in [3.63, 3.8) is 0 Å². The number of carbonyl (C=O) groups is 1. The zero-order valence-corrected chi connectivity index (χ0v) is 22.8. The molecule has 2 aliphatic heterocycles. The molecule has 188 valence electrons. The Morgan fingerprint density at radius 3 is 2.67 bits per heavy atom. The Labute approximate surface area is 222 Å². The molecule has 2 atom stereocenters. The van der Waals surface area contributed by atoms with Crippen molar-refractivity contribution in [2.24, 2.45) is 0 Å². The van der Waals surface area contributed by atoms with E-state index in [1.54, 1.807) is 35.6 Å². The van der Waals surface area contributed by atoms with Crippen molar-refractivity contribution < 1.29 is 27.4 Å². The second-order valence-electron chi connectivity index (χ2n) is 8.77. The molecule has 0 aliphatic carbocycles. The van der Waals surface area contributed by atoms with E-state index in [9.17, 15) is 22.9 Å². The fraction of sp³-hybridized carbons (Fsp3) is 0.280. The number of allylic oxidation sites excluding steroid dienone is 2. The lowest BCUT2D eigenvalue weighted by Crippen LogP contribution is -2.66. The molecule has 0 bridgehead atoms. The van der Waals surface area contributed by atoms with E-state index in [1.807, 2.05) is 32.1 Å². The molecular formula is C25H24ClN2O5S3+. The average Bonchev–Trinajstić information content (AvgIpc) is 3.31. The van der Waals surface area contributed by atoms with Gasteiger partial charge in [0.05, 0.1) is 23.4 Å². The Morgan fingerprint density at radius 1 is 1.28 bits per heavy atom. The number of thiazole rings is 1. The SMILES string of the molecule is CCC(=Cc1sc2ccc(C(=O)O)cc2[n+]1CC)C=C1Sc2ccc(Cl)cc2[N+]12CCC2S(=O)(=O)[O-]. The lowest BCUT2D eigenvalue weighted by atomic mass is 10.1. The fourth-order valence-electron chi connectivity index (χ4n) is 4.96. The number of rotatable bonds is 6. The molecule has 3 heterocycles. The number of halogens is 1. The molecule has 2 aromatic carbocycles. The van der Waals surface area contributed by atoms with Crippen LogP contribution in [0.25, 0.3) is 16.3 Å². The summed E-state index contributed by atoms with van der Waals surface area (Å²) in [4.78, 5) is 12.4. The van der Waals surface area contributed by atoms with Gasteiger partial charge in [-0.1, -0.05) is 29.9 Å². The first kappa shape index (κ1) is 25.4. The van der Waals surface area contributed by atoms with Crippen LogP contribution in [0.2, 0.25) is 5.02 Å². The Bertz CT molecular complexity index is 1580. The highest BCUT2D eigenvalue weighted by molar-refractivity contribution is 8.03. The molecule has 1 spiro atoms. The summed E-state index contributed by atoms with van der Waals surface area (Å²) in [6.07, 6.45) is 5.06. The van der Waals surface area contributed by atoms with Gasteiger partial charge in [-0.25, -0.2) is 17.7 Å². The van der Waals surface area contributed by atoms with E-state index in [2.05, 4.69) is 10.6 Å². The minimum atomic E-state index is -4.53. The fourth-order valence-corrected chi connectivity index (χ4v) is 8.92. The number of carboxylic acid groups (broad SMARTS) is 1. The molecular weight excluding hydrogens is 540 g/mol. The number of thioether (sulfide) groups is 1. The monoisotopic (exact) mass is 563 g/mol. The largest absolute Gasteiger partial charge is 0.743 e. The third-order valence-corrected chi connectivity index (χ3v) is 10.7. The smallest absolute Gasteiger partial charge is 0.335 e. The van der Waals surface area contributed by atoms with Crippen LogP contribution >= 0.6 is 34.7 Å². The summed E-state index contributed by atoms with van der Waals surface area (Å²) < 4.78 is 39.7. The summed E-state index contributed by atoms with van der Waals surface area (Å²) in [6, 6.07) is 10.5. The number of aromatic nitrogens is 1. The molecule has 11 heteroatoms. The maximum atomic E-state index is 12.2. The van der Waals surface area contributed by atoms with Crippen molar-refractivity contribution in [3.05, 3.63) is 68.7 Å². The summed E-state index contributed by atoms with van der Waals surface area (Å²) in [5, 5.41) is 10.6. The van der Waals surface area contributed by atoms with E-state index in [1.165, 1.54) is 11.8 Å². The lowest BCUT2D eigenvalue weighted by Gasteiger charge is -2.49. The number of fused-ring (bicyclic) bond motifs is 3. The Morgan fingerprint density at radius 2 is 2.06 bits per heavy atom. The van der Waals surface area contributed by atoms with Crippen molar-refractivity contribution in [2.75, 3.05) is 6.54 Å². The predicted octanol–water partition coefficient (Wildman–Crippen LogP) is 5.58. The van der Waals surface area contributed by atoms with Crippen LogP contribution in [0, 0.1) is 0 Å². The summed E-state index contributed by atoms with van der Waals surface area (Å²) in [6.45, 7) is 5.22. The molecule has 1 N–H and O–H groups in total. The van der Waals surface area contributed by atoms with E-state index < -0.39 is 21.5 Å². The van der Waals surface area contributed by atoms with Gasteiger partial charge in [-0.3, -0.25) is 0 Å². The molecule has 3 aromatic rings. The van der Waals surface area contributed by atoms with Crippen LogP contribution in [0.5, 0.6) is 0 Å². The average molecular weight is 564 g/mol. The topological polar surface area (TPSA) is 98.4 Å². The number of aryl methyl sites for hydroxylation is 1. The third-order valence-electron chi connectivity index (χ3n) is 6.83. The van der Waals surface area contributed by atoms with Gasteiger partial charge in [0, 0.05) is 29.3 Å². The van der Waals surface area contributed by atoms with Crippen LogP contribution in [-0.4, -0.2) is 36.0 Å². The number of quaternary nitrogens is 1. The minimum Gasteiger partial charge on any atom is -0.743 e. The van der Waals surface area contributed by atoms with E-state index in [-0.39, 0.29) is 10.0 Å². The Hall–Kier alpha value is -2.21. The molecule has 0 amide bonds. The summed E-state index contributed by atoms with van der Waals surface area (Å²) in [5.74, 6) is -0.966. The van der Waals surface area contributed by atoms with E-state index in [0.29, 0.717) is 31.0 Å². The molecule has 1 fully saturated rings. The van der Waals surface area contributed by atoms with Gasteiger partial charge in [-0.2, -0.15) is 4.57 Å². The van der Waals surface area contributed by atoms with Gasteiger partial charge in [-0.15, -0.1) is 0 Å². The molecule has 1 saturated heterocycles. The Kier molecular flexibility index (Phi) is 6.55. The zero-order chi connectivity index (χ0) is 25.8. The lowest BCUT2D eigenvalue weighted by molar-refractivity contribution is -0.665. The highest BCUT2D eigenvalue weighted by atomic mass is 35.5. The summed E-state index contributed by atoms with van der Waals surface area (Å²) in [5.41, 5.74) is 2.84. The molecule has 1 aromatic heterocycles. The normalized spacial score (nSPS) is 22.8. The van der Waals surface area contributed by atoms with Gasteiger partial charge in [0.15, 0.2) is 26.2 Å². The van der Waals surface area contributed by atoms with E-state index in [4.69, 9.17) is 11.6 Å². The highest BCUT2D eigenvalue weighted by Crippen LogP contribution is 2.58. The second-order valence-corrected chi connectivity index (χ2v) is 12.9. The maximum absolute atomic E-state index is 12.2. The van der Waals surface area contributed by atoms with Crippen LogP contribution in [0.15, 0.2) is 58.0 Å². The second kappa shape index (κ2) is 9.27. The first-order chi connectivity index (χ1) is 17.1. The van der Waals surface area contributed by atoms with Crippen molar-refractivity contribution in [1.29, 1.82) is 0 Å². The quantitative estimate of drug-likeness (QED) is 0.239.